The van der Waals surface area contributed by atoms with Gasteiger partial charge in [-0.2, -0.15) is 0 Å². The first-order valence-electron chi connectivity index (χ1n) is 6.06. The molecule has 5 heteroatoms. The van der Waals surface area contributed by atoms with E-state index >= 15 is 0 Å². The second-order valence-electron chi connectivity index (χ2n) is 4.37. The molecule has 2 N–H and O–H groups in total. The molecule has 1 aromatic heterocycles. The van der Waals surface area contributed by atoms with Gasteiger partial charge in [-0.05, 0) is 25.5 Å². The zero-order valence-corrected chi connectivity index (χ0v) is 10.6. The van der Waals surface area contributed by atoms with Crippen LogP contribution in [0.1, 0.15) is 23.7 Å². The second kappa shape index (κ2) is 5.67. The number of nitrogens with one attached hydrogen (secondary N) is 1. The molecule has 19 heavy (non-hydrogen) atoms. The van der Waals surface area contributed by atoms with Gasteiger partial charge in [0, 0.05) is 18.0 Å². The van der Waals surface area contributed by atoms with Crippen LogP contribution in [0.5, 0.6) is 0 Å². The van der Waals surface area contributed by atoms with Crippen LogP contribution in [0.4, 0.5) is 0 Å². The number of hydrogen-bond acceptors (Lipinski definition) is 4. The van der Waals surface area contributed by atoms with Gasteiger partial charge in [-0.3, -0.25) is 4.79 Å². The first-order valence-corrected chi connectivity index (χ1v) is 6.06. The van der Waals surface area contributed by atoms with Gasteiger partial charge in [0.25, 0.3) is 5.91 Å². The number of aliphatic hydroxyl groups excluding tert-OH is 1. The molecular formula is C14H15NO4. The SMILES string of the molecule is CC(CCO)NC(=O)c1cc2ccccc2oc1=O. The highest BCUT2D eigenvalue weighted by molar-refractivity contribution is 5.96. The second-order valence-corrected chi connectivity index (χ2v) is 4.37. The molecule has 0 fully saturated rings. The molecule has 100 valence electrons. The highest BCUT2D eigenvalue weighted by atomic mass is 16.4. The average Bonchev–Trinajstić information content (AvgIpc) is 2.38. The first-order chi connectivity index (χ1) is 9.11. The first kappa shape index (κ1) is 13.3. The predicted molar refractivity (Wildman–Crippen MR) is 71.1 cm³/mol. The minimum atomic E-state index is -0.660. The summed E-state index contributed by atoms with van der Waals surface area (Å²) < 4.78 is 5.09. The van der Waals surface area contributed by atoms with Crippen molar-refractivity contribution in [3.05, 3.63) is 46.3 Å². The zero-order chi connectivity index (χ0) is 13.8. The molecule has 1 aromatic carbocycles. The van der Waals surface area contributed by atoms with Crippen molar-refractivity contribution in [3.63, 3.8) is 0 Å². The van der Waals surface area contributed by atoms with Crippen LogP contribution in [-0.4, -0.2) is 23.7 Å². The molecule has 0 saturated carbocycles. The van der Waals surface area contributed by atoms with E-state index in [1.807, 2.05) is 0 Å². The third kappa shape index (κ3) is 3.00. The maximum Gasteiger partial charge on any atom is 0.349 e. The van der Waals surface area contributed by atoms with Crippen molar-refractivity contribution < 1.29 is 14.3 Å². The normalized spacial score (nSPS) is 12.3. The smallest absolute Gasteiger partial charge is 0.349 e. The van der Waals surface area contributed by atoms with Crippen LogP contribution in [0.15, 0.2) is 39.5 Å². The summed E-state index contributed by atoms with van der Waals surface area (Å²) >= 11 is 0. The summed E-state index contributed by atoms with van der Waals surface area (Å²) in [6.07, 6.45) is 0.435. The number of fused-ring (bicyclic) bond motifs is 1. The van der Waals surface area contributed by atoms with Gasteiger partial charge in [0.05, 0.1) is 0 Å². The highest BCUT2D eigenvalue weighted by Crippen LogP contribution is 2.12. The number of benzene rings is 1. The minimum absolute atomic E-state index is 0.0201. The van der Waals surface area contributed by atoms with Gasteiger partial charge in [-0.1, -0.05) is 18.2 Å². The molecule has 2 rings (SSSR count). The molecule has 1 unspecified atom stereocenters. The number of amides is 1. The lowest BCUT2D eigenvalue weighted by atomic mass is 10.1. The molecule has 0 spiro atoms. The van der Waals surface area contributed by atoms with E-state index in [1.54, 1.807) is 31.2 Å². The molecule has 0 aliphatic heterocycles. The van der Waals surface area contributed by atoms with Gasteiger partial charge in [0.1, 0.15) is 11.1 Å². The number of carbonyl (C=O) groups is 1. The van der Waals surface area contributed by atoms with E-state index < -0.39 is 11.5 Å². The van der Waals surface area contributed by atoms with Crippen LogP contribution in [0.3, 0.4) is 0 Å². The fraction of sp³-hybridized carbons (Fsp3) is 0.286. The van der Waals surface area contributed by atoms with Gasteiger partial charge in [-0.25, -0.2) is 4.79 Å². The van der Waals surface area contributed by atoms with Crippen molar-refractivity contribution in [1.29, 1.82) is 0 Å². The van der Waals surface area contributed by atoms with Crippen molar-refractivity contribution >= 4 is 16.9 Å². The lowest BCUT2D eigenvalue weighted by Crippen LogP contribution is -2.35. The summed E-state index contributed by atoms with van der Waals surface area (Å²) in [6, 6.07) is 8.32. The summed E-state index contributed by atoms with van der Waals surface area (Å²) in [5, 5.41) is 12.1. The van der Waals surface area contributed by atoms with Crippen molar-refractivity contribution in [2.75, 3.05) is 6.61 Å². The van der Waals surface area contributed by atoms with Crippen molar-refractivity contribution in [2.45, 2.75) is 19.4 Å². The fourth-order valence-corrected chi connectivity index (χ4v) is 1.79. The predicted octanol–water partition coefficient (Wildman–Crippen LogP) is 1.29. The Morgan fingerprint density at radius 2 is 2.16 bits per heavy atom. The Bertz CT molecular complexity index is 647. The molecular weight excluding hydrogens is 246 g/mol. The van der Waals surface area contributed by atoms with Gasteiger partial charge in [0.15, 0.2) is 0 Å². The minimum Gasteiger partial charge on any atom is -0.422 e. The lowest BCUT2D eigenvalue weighted by molar-refractivity contribution is 0.0931. The van der Waals surface area contributed by atoms with Crippen LogP contribution in [0, 0.1) is 0 Å². The molecule has 1 amide bonds. The van der Waals surface area contributed by atoms with Gasteiger partial charge >= 0.3 is 5.63 Å². The van der Waals surface area contributed by atoms with Gasteiger partial charge in [0.2, 0.25) is 0 Å². The Kier molecular flexibility index (Phi) is 3.97. The molecule has 2 aromatic rings. The summed E-state index contributed by atoms with van der Waals surface area (Å²) in [5.74, 6) is -0.486. The van der Waals surface area contributed by atoms with Gasteiger partial charge in [-0.15, -0.1) is 0 Å². The third-order valence-corrected chi connectivity index (χ3v) is 2.83. The number of aliphatic hydroxyl groups is 1. The van der Waals surface area contributed by atoms with E-state index in [0.717, 1.165) is 0 Å². The Balaban J connectivity index is 2.31. The molecule has 0 aliphatic carbocycles. The molecule has 1 heterocycles. The number of para-hydroxylation sites is 1. The third-order valence-electron chi connectivity index (χ3n) is 2.83. The Hall–Kier alpha value is -2.14. The Labute approximate surface area is 109 Å². The van der Waals surface area contributed by atoms with E-state index in [4.69, 9.17) is 9.52 Å². The average molecular weight is 261 g/mol. The highest BCUT2D eigenvalue weighted by Gasteiger charge is 2.15. The number of carbonyl (C=O) groups excluding carboxylic acids is 1. The van der Waals surface area contributed by atoms with Crippen LogP contribution in [0.25, 0.3) is 11.0 Å². The van der Waals surface area contributed by atoms with Gasteiger partial charge < -0.3 is 14.8 Å². The van der Waals surface area contributed by atoms with E-state index in [1.165, 1.54) is 6.07 Å². The summed E-state index contributed by atoms with van der Waals surface area (Å²) in [4.78, 5) is 23.7. The Morgan fingerprint density at radius 3 is 2.89 bits per heavy atom. The summed E-state index contributed by atoms with van der Waals surface area (Å²) in [7, 11) is 0. The van der Waals surface area contributed by atoms with Crippen LogP contribution < -0.4 is 10.9 Å². The molecule has 0 radical (unpaired) electrons. The van der Waals surface area contributed by atoms with E-state index in [0.29, 0.717) is 17.4 Å². The van der Waals surface area contributed by atoms with Crippen LogP contribution >= 0.6 is 0 Å². The van der Waals surface area contributed by atoms with Crippen LogP contribution in [0.2, 0.25) is 0 Å². The molecule has 5 nitrogen and oxygen atoms in total. The zero-order valence-electron chi connectivity index (χ0n) is 10.6. The topological polar surface area (TPSA) is 79.5 Å². The standard InChI is InChI=1S/C14H15NO4/c1-9(6-7-16)15-13(17)11-8-10-4-2-3-5-12(10)19-14(11)18/h2-5,8-9,16H,6-7H2,1H3,(H,15,17). The fourth-order valence-electron chi connectivity index (χ4n) is 1.79. The largest absolute Gasteiger partial charge is 0.422 e. The molecule has 1 atom stereocenters. The van der Waals surface area contributed by atoms with E-state index in [9.17, 15) is 9.59 Å². The maximum absolute atomic E-state index is 11.9. The molecule has 0 bridgehead atoms. The summed E-state index contributed by atoms with van der Waals surface area (Å²) in [6.45, 7) is 1.74. The van der Waals surface area contributed by atoms with Crippen LogP contribution in [-0.2, 0) is 0 Å². The Morgan fingerprint density at radius 1 is 1.42 bits per heavy atom. The van der Waals surface area contributed by atoms with Crippen molar-refractivity contribution in [1.82, 2.24) is 5.32 Å². The van der Waals surface area contributed by atoms with E-state index in [-0.39, 0.29) is 18.2 Å². The molecule has 0 aliphatic rings. The maximum atomic E-state index is 11.9. The molecule has 0 saturated heterocycles. The number of hydrogen-bond donors (Lipinski definition) is 2. The van der Waals surface area contributed by atoms with E-state index in [2.05, 4.69) is 5.32 Å². The summed E-state index contributed by atoms with van der Waals surface area (Å²) in [5.41, 5.74) is -0.233. The van der Waals surface area contributed by atoms with Crippen molar-refractivity contribution in [2.24, 2.45) is 0 Å². The lowest BCUT2D eigenvalue weighted by Gasteiger charge is -2.11. The quantitative estimate of drug-likeness (QED) is 0.813. The van der Waals surface area contributed by atoms with Crippen molar-refractivity contribution in [3.8, 4) is 0 Å². The monoisotopic (exact) mass is 261 g/mol. The number of rotatable bonds is 4.